The SMILES string of the molecule is CC(C)c1ccc([C@@H](Nc2ccccn2)c2ccc3cccnc3c2O)cc1. The summed E-state index contributed by atoms with van der Waals surface area (Å²) in [6.07, 6.45) is 3.45. The van der Waals surface area contributed by atoms with Crippen LogP contribution in [0.5, 0.6) is 5.75 Å². The van der Waals surface area contributed by atoms with Gasteiger partial charge in [0.1, 0.15) is 17.1 Å². The molecule has 4 nitrogen and oxygen atoms in total. The minimum absolute atomic E-state index is 0.194. The van der Waals surface area contributed by atoms with E-state index in [9.17, 15) is 5.11 Å². The second kappa shape index (κ2) is 7.69. The van der Waals surface area contributed by atoms with Crippen molar-refractivity contribution in [1.82, 2.24) is 9.97 Å². The molecule has 4 rings (SSSR count). The van der Waals surface area contributed by atoms with Crippen LogP contribution in [0.2, 0.25) is 0 Å². The zero-order valence-electron chi connectivity index (χ0n) is 16.0. The summed E-state index contributed by atoms with van der Waals surface area (Å²) in [5.41, 5.74) is 3.71. The average Bonchev–Trinajstić information content (AvgIpc) is 2.74. The lowest BCUT2D eigenvalue weighted by molar-refractivity contribution is 0.471. The zero-order chi connectivity index (χ0) is 19.5. The summed E-state index contributed by atoms with van der Waals surface area (Å²) in [6.45, 7) is 4.36. The summed E-state index contributed by atoms with van der Waals surface area (Å²) < 4.78 is 0. The number of pyridine rings is 2. The Morgan fingerprint density at radius 1 is 0.786 bits per heavy atom. The Labute approximate surface area is 164 Å². The van der Waals surface area contributed by atoms with E-state index in [2.05, 4.69) is 53.4 Å². The predicted molar refractivity (Wildman–Crippen MR) is 114 cm³/mol. The maximum atomic E-state index is 11.0. The van der Waals surface area contributed by atoms with E-state index in [1.165, 1.54) is 5.56 Å². The van der Waals surface area contributed by atoms with Gasteiger partial charge in [-0.2, -0.15) is 0 Å². The first-order chi connectivity index (χ1) is 13.6. The molecule has 1 atom stereocenters. The number of benzene rings is 2. The summed E-state index contributed by atoms with van der Waals surface area (Å²) in [5, 5.41) is 15.4. The minimum Gasteiger partial charge on any atom is -0.505 e. The molecule has 0 aliphatic rings. The number of nitrogens with zero attached hydrogens (tertiary/aromatic N) is 2. The second-order valence-corrected chi connectivity index (χ2v) is 7.19. The second-order valence-electron chi connectivity index (χ2n) is 7.19. The molecule has 2 N–H and O–H groups in total. The van der Waals surface area contributed by atoms with Gasteiger partial charge in [-0.1, -0.05) is 62.4 Å². The molecule has 140 valence electrons. The van der Waals surface area contributed by atoms with Gasteiger partial charge >= 0.3 is 0 Å². The van der Waals surface area contributed by atoms with E-state index in [0.29, 0.717) is 11.4 Å². The Hall–Kier alpha value is -3.40. The Bertz CT molecular complexity index is 1080. The normalized spacial score (nSPS) is 12.2. The molecule has 2 aromatic carbocycles. The molecule has 4 aromatic rings. The van der Waals surface area contributed by atoms with Gasteiger partial charge in [0.05, 0.1) is 6.04 Å². The van der Waals surface area contributed by atoms with Crippen LogP contribution >= 0.6 is 0 Å². The van der Waals surface area contributed by atoms with E-state index in [1.807, 2.05) is 42.5 Å². The molecule has 4 heteroatoms. The Morgan fingerprint density at radius 2 is 1.54 bits per heavy atom. The highest BCUT2D eigenvalue weighted by atomic mass is 16.3. The smallest absolute Gasteiger partial charge is 0.147 e. The standard InChI is InChI=1S/C24H23N3O/c1-16(2)17-8-10-19(11-9-17)22(27-21-7-3-4-14-25-21)20-13-12-18-6-5-15-26-23(18)24(20)28/h3-16,22,28H,1-2H3,(H,25,27)/t22-/m1/s1. The van der Waals surface area contributed by atoms with Crippen LogP contribution in [0.3, 0.4) is 0 Å². The van der Waals surface area contributed by atoms with Gasteiger partial charge in [-0.25, -0.2) is 4.98 Å². The van der Waals surface area contributed by atoms with Crippen molar-refractivity contribution in [2.24, 2.45) is 0 Å². The highest BCUT2D eigenvalue weighted by Crippen LogP contribution is 2.36. The monoisotopic (exact) mass is 369 g/mol. The summed E-state index contributed by atoms with van der Waals surface area (Å²) >= 11 is 0. The van der Waals surface area contributed by atoms with E-state index in [1.54, 1.807) is 12.4 Å². The summed E-state index contributed by atoms with van der Waals surface area (Å²) in [4.78, 5) is 8.77. The molecule has 0 radical (unpaired) electrons. The number of phenolic OH excluding ortho intramolecular Hbond substituents is 1. The molecule has 2 aromatic heterocycles. The molecule has 0 bridgehead atoms. The first-order valence-electron chi connectivity index (χ1n) is 9.47. The van der Waals surface area contributed by atoms with Crippen LogP contribution in [0.1, 0.15) is 42.5 Å². The Balaban J connectivity index is 1.82. The van der Waals surface area contributed by atoms with Crippen LogP contribution in [0, 0.1) is 0 Å². The molecular weight excluding hydrogens is 346 g/mol. The molecule has 0 saturated heterocycles. The number of aromatic hydroxyl groups is 1. The maximum absolute atomic E-state index is 11.0. The number of anilines is 1. The molecule has 0 aliphatic carbocycles. The zero-order valence-corrected chi connectivity index (χ0v) is 16.0. The van der Waals surface area contributed by atoms with Gasteiger partial charge in [-0.15, -0.1) is 0 Å². The van der Waals surface area contributed by atoms with Crippen molar-refractivity contribution >= 4 is 16.7 Å². The van der Waals surface area contributed by atoms with Crippen molar-refractivity contribution in [3.63, 3.8) is 0 Å². The maximum Gasteiger partial charge on any atom is 0.147 e. The van der Waals surface area contributed by atoms with Crippen LogP contribution in [0.25, 0.3) is 10.9 Å². The van der Waals surface area contributed by atoms with Crippen molar-refractivity contribution in [2.45, 2.75) is 25.8 Å². The van der Waals surface area contributed by atoms with Crippen LogP contribution < -0.4 is 5.32 Å². The predicted octanol–water partition coefficient (Wildman–Crippen LogP) is 5.66. The van der Waals surface area contributed by atoms with Crippen LogP contribution in [-0.2, 0) is 0 Å². The van der Waals surface area contributed by atoms with Crippen molar-refractivity contribution in [2.75, 3.05) is 5.32 Å². The van der Waals surface area contributed by atoms with Gasteiger partial charge in [0.2, 0.25) is 0 Å². The highest BCUT2D eigenvalue weighted by Gasteiger charge is 2.20. The van der Waals surface area contributed by atoms with Crippen molar-refractivity contribution < 1.29 is 5.11 Å². The first-order valence-corrected chi connectivity index (χ1v) is 9.47. The molecule has 0 unspecified atom stereocenters. The topological polar surface area (TPSA) is 58.0 Å². The number of fused-ring (bicyclic) bond motifs is 1. The molecule has 0 saturated carbocycles. The van der Waals surface area contributed by atoms with E-state index in [-0.39, 0.29) is 11.8 Å². The average molecular weight is 369 g/mol. The lowest BCUT2D eigenvalue weighted by Gasteiger charge is -2.22. The molecule has 0 aliphatic heterocycles. The molecule has 2 heterocycles. The van der Waals surface area contributed by atoms with Crippen LogP contribution in [0.4, 0.5) is 5.82 Å². The molecule has 0 amide bonds. The lowest BCUT2D eigenvalue weighted by Crippen LogP contribution is -2.14. The molecular formula is C24H23N3O. The summed E-state index contributed by atoms with van der Waals surface area (Å²) in [7, 11) is 0. The minimum atomic E-state index is -0.248. The number of aromatic nitrogens is 2. The first kappa shape index (κ1) is 18.0. The Morgan fingerprint density at radius 3 is 2.25 bits per heavy atom. The summed E-state index contributed by atoms with van der Waals surface area (Å²) in [6, 6.07) is 21.8. The number of hydrogen-bond acceptors (Lipinski definition) is 4. The van der Waals surface area contributed by atoms with Crippen molar-refractivity contribution in [3.05, 3.63) is 95.8 Å². The van der Waals surface area contributed by atoms with E-state index in [0.717, 1.165) is 22.3 Å². The van der Waals surface area contributed by atoms with Crippen molar-refractivity contribution in [1.29, 1.82) is 0 Å². The molecule has 28 heavy (non-hydrogen) atoms. The van der Waals surface area contributed by atoms with Crippen LogP contribution in [0.15, 0.2) is 79.1 Å². The largest absolute Gasteiger partial charge is 0.505 e. The number of phenols is 1. The van der Waals surface area contributed by atoms with E-state index >= 15 is 0 Å². The third-order valence-corrected chi connectivity index (χ3v) is 4.98. The van der Waals surface area contributed by atoms with Gasteiger partial charge < -0.3 is 10.4 Å². The quantitative estimate of drug-likeness (QED) is 0.476. The molecule has 0 fully saturated rings. The molecule has 0 spiro atoms. The lowest BCUT2D eigenvalue weighted by atomic mass is 9.94. The number of hydrogen-bond donors (Lipinski definition) is 2. The Kier molecular flexibility index (Phi) is 4.94. The van der Waals surface area contributed by atoms with Gasteiger partial charge in [-0.3, -0.25) is 4.98 Å². The number of rotatable bonds is 5. The third-order valence-electron chi connectivity index (χ3n) is 4.98. The van der Waals surface area contributed by atoms with Gasteiger partial charge in [0.15, 0.2) is 0 Å². The van der Waals surface area contributed by atoms with E-state index in [4.69, 9.17) is 0 Å². The van der Waals surface area contributed by atoms with Crippen LogP contribution in [-0.4, -0.2) is 15.1 Å². The van der Waals surface area contributed by atoms with E-state index < -0.39 is 0 Å². The van der Waals surface area contributed by atoms with Gasteiger partial charge in [0.25, 0.3) is 0 Å². The number of nitrogens with one attached hydrogen (secondary N) is 1. The fraction of sp³-hybridized carbons (Fsp3) is 0.167. The fourth-order valence-corrected chi connectivity index (χ4v) is 3.39. The summed E-state index contributed by atoms with van der Waals surface area (Å²) in [5.74, 6) is 1.41. The fourth-order valence-electron chi connectivity index (χ4n) is 3.39. The third kappa shape index (κ3) is 3.54. The van der Waals surface area contributed by atoms with Gasteiger partial charge in [-0.05, 0) is 35.2 Å². The van der Waals surface area contributed by atoms with Crippen molar-refractivity contribution in [3.8, 4) is 5.75 Å². The van der Waals surface area contributed by atoms with Gasteiger partial charge in [0, 0.05) is 23.3 Å². The highest BCUT2D eigenvalue weighted by molar-refractivity contribution is 5.86.